The van der Waals surface area contributed by atoms with Crippen LogP contribution in [0.4, 0.5) is 0 Å². The monoisotopic (exact) mass is 477 g/mol. The lowest BCUT2D eigenvalue weighted by atomic mass is 10.1. The quantitative estimate of drug-likeness (QED) is 0.323. The number of halogens is 1. The predicted octanol–water partition coefficient (Wildman–Crippen LogP) is 4.28. The van der Waals surface area contributed by atoms with Crippen LogP contribution < -0.4 is 15.1 Å². The minimum absolute atomic E-state index is 0.0317. The van der Waals surface area contributed by atoms with Gasteiger partial charge in [-0.2, -0.15) is 4.72 Å². The van der Waals surface area contributed by atoms with E-state index in [0.717, 1.165) is 5.56 Å². The highest BCUT2D eigenvalue weighted by molar-refractivity contribution is 7.89. The summed E-state index contributed by atoms with van der Waals surface area (Å²) in [6, 6.07) is 8.01. The number of sulfonamides is 1. The molecule has 0 bridgehead atoms. The first kappa shape index (κ1) is 24.0. The van der Waals surface area contributed by atoms with Gasteiger partial charge in [-0.3, -0.25) is 0 Å². The van der Waals surface area contributed by atoms with Crippen LogP contribution in [0.15, 0.2) is 50.5 Å². The summed E-state index contributed by atoms with van der Waals surface area (Å²) in [7, 11) is -3.96. The molecule has 0 unspecified atom stereocenters. The van der Waals surface area contributed by atoms with E-state index >= 15 is 0 Å². The summed E-state index contributed by atoms with van der Waals surface area (Å²) in [5.74, 6) is -1.27. The average molecular weight is 478 g/mol. The lowest BCUT2D eigenvalue weighted by molar-refractivity contribution is -0.137. The lowest BCUT2D eigenvalue weighted by Gasteiger charge is -2.21. The SMILES string of the molecule is Cc1ccc(S(=O)(=O)N[C@H](C(=O)Oc2cc3oc(=O)c(C)c(C)c3cc2Cl)C(C)C)cc1. The molecule has 0 spiro atoms. The lowest BCUT2D eigenvalue weighted by Crippen LogP contribution is -2.46. The van der Waals surface area contributed by atoms with Gasteiger partial charge in [0.2, 0.25) is 10.0 Å². The molecule has 0 saturated heterocycles. The zero-order valence-electron chi connectivity index (χ0n) is 18.4. The van der Waals surface area contributed by atoms with E-state index in [2.05, 4.69) is 4.72 Å². The Balaban J connectivity index is 1.91. The van der Waals surface area contributed by atoms with E-state index < -0.39 is 33.6 Å². The molecule has 3 rings (SSSR count). The normalized spacial score (nSPS) is 12.8. The van der Waals surface area contributed by atoms with Crippen molar-refractivity contribution < 1.29 is 22.4 Å². The molecule has 9 heteroatoms. The summed E-state index contributed by atoms with van der Waals surface area (Å²) in [6.07, 6.45) is 0. The number of hydrogen-bond acceptors (Lipinski definition) is 6. The van der Waals surface area contributed by atoms with E-state index in [1.807, 2.05) is 6.92 Å². The maximum atomic E-state index is 12.9. The van der Waals surface area contributed by atoms with E-state index in [1.165, 1.54) is 18.2 Å². The van der Waals surface area contributed by atoms with E-state index in [4.69, 9.17) is 20.8 Å². The van der Waals surface area contributed by atoms with Crippen molar-refractivity contribution in [2.45, 2.75) is 45.6 Å². The van der Waals surface area contributed by atoms with Crippen LogP contribution in [0.5, 0.6) is 5.75 Å². The zero-order valence-corrected chi connectivity index (χ0v) is 19.9. The maximum absolute atomic E-state index is 12.9. The first-order chi connectivity index (χ1) is 14.9. The van der Waals surface area contributed by atoms with Crippen molar-refractivity contribution in [2.24, 2.45) is 5.92 Å². The Bertz CT molecular complexity index is 1340. The molecule has 1 heterocycles. The van der Waals surface area contributed by atoms with Gasteiger partial charge in [0.1, 0.15) is 11.6 Å². The van der Waals surface area contributed by atoms with Crippen molar-refractivity contribution >= 4 is 38.6 Å². The summed E-state index contributed by atoms with van der Waals surface area (Å²) in [6.45, 7) is 8.64. The molecule has 0 amide bonds. The molecule has 0 saturated carbocycles. The largest absolute Gasteiger partial charge is 0.424 e. The Hall–Kier alpha value is -2.68. The molecule has 0 fully saturated rings. The van der Waals surface area contributed by atoms with Gasteiger partial charge in [0.05, 0.1) is 9.92 Å². The van der Waals surface area contributed by atoms with Gasteiger partial charge in [-0.1, -0.05) is 43.1 Å². The van der Waals surface area contributed by atoms with Crippen molar-refractivity contribution in [3.63, 3.8) is 0 Å². The van der Waals surface area contributed by atoms with Gasteiger partial charge >= 0.3 is 11.6 Å². The molecule has 0 radical (unpaired) electrons. The van der Waals surface area contributed by atoms with Crippen molar-refractivity contribution in [1.82, 2.24) is 4.72 Å². The number of ether oxygens (including phenoxy) is 1. The summed E-state index contributed by atoms with van der Waals surface area (Å²) < 4.78 is 38.7. The molecule has 170 valence electrons. The standard InChI is InChI=1S/C23H24ClNO6S/c1-12(2)21(25-32(28,29)16-8-6-13(3)7-9-16)23(27)31-20-11-19-17(10-18(20)24)14(4)15(5)22(26)30-19/h6-12,21,25H,1-5H3/t21-/m0/s1. The second-order valence-corrected chi connectivity index (χ2v) is 10.1. The number of benzene rings is 2. The molecule has 32 heavy (non-hydrogen) atoms. The van der Waals surface area contributed by atoms with Crippen molar-refractivity contribution in [1.29, 1.82) is 0 Å². The minimum Gasteiger partial charge on any atom is -0.424 e. The molecule has 1 N–H and O–H groups in total. The third kappa shape index (κ3) is 4.87. The van der Waals surface area contributed by atoms with E-state index in [-0.39, 0.29) is 21.3 Å². The van der Waals surface area contributed by atoms with Crippen LogP contribution in [-0.2, 0) is 14.8 Å². The molecule has 3 aromatic rings. The molecular weight excluding hydrogens is 454 g/mol. The number of aryl methyl sites for hydroxylation is 2. The number of rotatable bonds is 6. The highest BCUT2D eigenvalue weighted by Gasteiger charge is 2.30. The molecule has 0 aliphatic heterocycles. The van der Waals surface area contributed by atoms with Gasteiger partial charge in [-0.05, 0) is 50.5 Å². The van der Waals surface area contributed by atoms with Gasteiger partial charge in [0, 0.05) is 17.0 Å². The Labute approximate surface area is 191 Å². The van der Waals surface area contributed by atoms with Crippen molar-refractivity contribution in [2.75, 3.05) is 0 Å². The second-order valence-electron chi connectivity index (χ2n) is 8.00. The molecule has 7 nitrogen and oxygen atoms in total. The van der Waals surface area contributed by atoms with Crippen molar-refractivity contribution in [3.8, 4) is 5.75 Å². The third-order valence-corrected chi connectivity index (χ3v) is 7.01. The Morgan fingerprint density at radius 1 is 1.06 bits per heavy atom. The number of carbonyl (C=O) groups is 1. The van der Waals surface area contributed by atoms with Gasteiger partial charge < -0.3 is 9.15 Å². The second kappa shape index (κ2) is 9.05. The summed E-state index contributed by atoms with van der Waals surface area (Å²) in [5, 5.41) is 0.749. The molecule has 0 aliphatic carbocycles. The van der Waals surface area contributed by atoms with E-state index in [0.29, 0.717) is 16.5 Å². The highest BCUT2D eigenvalue weighted by atomic mass is 35.5. The Kier molecular flexibility index (Phi) is 6.78. The molecular formula is C23H24ClNO6S. The first-order valence-electron chi connectivity index (χ1n) is 9.95. The maximum Gasteiger partial charge on any atom is 0.339 e. The summed E-state index contributed by atoms with van der Waals surface area (Å²) in [4.78, 5) is 24.9. The fourth-order valence-corrected chi connectivity index (χ4v) is 4.64. The van der Waals surface area contributed by atoms with Gasteiger partial charge in [-0.25, -0.2) is 18.0 Å². The van der Waals surface area contributed by atoms with Gasteiger partial charge in [-0.15, -0.1) is 0 Å². The predicted molar refractivity (Wildman–Crippen MR) is 123 cm³/mol. The highest BCUT2D eigenvalue weighted by Crippen LogP contribution is 2.32. The van der Waals surface area contributed by atoms with Crippen LogP contribution in [0.25, 0.3) is 11.0 Å². The molecule has 2 aromatic carbocycles. The van der Waals surface area contributed by atoms with Crippen LogP contribution in [0, 0.1) is 26.7 Å². The van der Waals surface area contributed by atoms with Crippen LogP contribution >= 0.6 is 11.6 Å². The Morgan fingerprint density at radius 2 is 1.69 bits per heavy atom. The molecule has 1 atom stereocenters. The summed E-state index contributed by atoms with van der Waals surface area (Å²) in [5.41, 5.74) is 1.80. The number of hydrogen-bond donors (Lipinski definition) is 1. The number of carbonyl (C=O) groups excluding carboxylic acids is 1. The fourth-order valence-electron chi connectivity index (χ4n) is 3.10. The minimum atomic E-state index is -3.96. The Morgan fingerprint density at radius 3 is 2.28 bits per heavy atom. The molecule has 1 aromatic heterocycles. The van der Waals surface area contributed by atoms with Crippen LogP contribution in [0.2, 0.25) is 5.02 Å². The first-order valence-corrected chi connectivity index (χ1v) is 11.8. The van der Waals surface area contributed by atoms with Gasteiger partial charge in [0.25, 0.3) is 0 Å². The topological polar surface area (TPSA) is 103 Å². The van der Waals surface area contributed by atoms with Crippen LogP contribution in [0.1, 0.15) is 30.5 Å². The van der Waals surface area contributed by atoms with E-state index in [9.17, 15) is 18.0 Å². The van der Waals surface area contributed by atoms with E-state index in [1.54, 1.807) is 45.9 Å². The van der Waals surface area contributed by atoms with Crippen LogP contribution in [0.3, 0.4) is 0 Å². The molecule has 0 aliphatic rings. The average Bonchev–Trinajstić information content (AvgIpc) is 2.72. The van der Waals surface area contributed by atoms with Crippen LogP contribution in [-0.4, -0.2) is 20.4 Å². The summed E-state index contributed by atoms with van der Waals surface area (Å²) >= 11 is 6.30. The smallest absolute Gasteiger partial charge is 0.339 e. The third-order valence-electron chi connectivity index (χ3n) is 5.25. The number of esters is 1. The van der Waals surface area contributed by atoms with Crippen molar-refractivity contribution in [3.05, 3.63) is 68.5 Å². The zero-order chi connectivity index (χ0) is 23.8. The number of fused-ring (bicyclic) bond motifs is 1. The van der Waals surface area contributed by atoms with Gasteiger partial charge in [0.15, 0.2) is 5.75 Å². The fraction of sp³-hybridized carbons (Fsp3) is 0.304. The number of nitrogens with one attached hydrogen (secondary N) is 1.